The zero-order chi connectivity index (χ0) is 16.4. The van der Waals surface area contributed by atoms with Gasteiger partial charge in [-0.15, -0.1) is 0 Å². The number of carbonyl (C=O) groups is 1. The highest BCUT2D eigenvalue weighted by Gasteiger charge is 2.50. The standard InChI is InChI=1S/C18H29N3O2/c1-4-9-20-10-5-7-18(17(20)22)8-6-11-21(18)13-15-12-16(14(2)3)23-19-15/h12,14H,4-11,13H2,1-3H3. The van der Waals surface area contributed by atoms with E-state index in [0.717, 1.165) is 69.7 Å². The van der Waals surface area contributed by atoms with Crippen molar-refractivity contribution in [1.29, 1.82) is 0 Å². The molecular weight excluding hydrogens is 290 g/mol. The number of piperidine rings is 1. The molecule has 2 aliphatic heterocycles. The highest BCUT2D eigenvalue weighted by molar-refractivity contribution is 5.87. The van der Waals surface area contributed by atoms with E-state index in [1.165, 1.54) is 0 Å². The number of carbonyl (C=O) groups excluding carboxylic acids is 1. The predicted octanol–water partition coefficient (Wildman–Crippen LogP) is 3.17. The molecule has 2 saturated heterocycles. The average Bonchev–Trinajstić information content (AvgIpc) is 3.13. The second-order valence-corrected chi connectivity index (χ2v) is 7.33. The summed E-state index contributed by atoms with van der Waals surface area (Å²) in [6.07, 6.45) is 5.21. The monoisotopic (exact) mass is 319 g/mol. The largest absolute Gasteiger partial charge is 0.361 e. The zero-order valence-corrected chi connectivity index (χ0v) is 14.7. The van der Waals surface area contributed by atoms with Gasteiger partial charge >= 0.3 is 0 Å². The van der Waals surface area contributed by atoms with Crippen LogP contribution in [0.4, 0.5) is 0 Å². The second-order valence-electron chi connectivity index (χ2n) is 7.33. The Morgan fingerprint density at radius 3 is 2.70 bits per heavy atom. The van der Waals surface area contributed by atoms with Crippen molar-refractivity contribution in [3.05, 3.63) is 17.5 Å². The Balaban J connectivity index is 1.77. The summed E-state index contributed by atoms with van der Waals surface area (Å²) in [4.78, 5) is 17.5. The molecule has 1 amide bonds. The van der Waals surface area contributed by atoms with Crippen LogP contribution in [0.2, 0.25) is 0 Å². The minimum Gasteiger partial charge on any atom is -0.361 e. The lowest BCUT2D eigenvalue weighted by atomic mass is 9.85. The van der Waals surface area contributed by atoms with Crippen LogP contribution in [0.15, 0.2) is 10.6 Å². The SMILES string of the molecule is CCCN1CCCC2(CCCN2Cc2cc(C(C)C)on2)C1=O. The van der Waals surface area contributed by atoms with Crippen molar-refractivity contribution in [3.8, 4) is 0 Å². The second kappa shape index (κ2) is 6.63. The van der Waals surface area contributed by atoms with Gasteiger partial charge in [-0.05, 0) is 38.6 Å². The number of rotatable bonds is 5. The Hall–Kier alpha value is -1.36. The van der Waals surface area contributed by atoms with E-state index in [1.807, 2.05) is 6.07 Å². The molecule has 5 nitrogen and oxygen atoms in total. The average molecular weight is 319 g/mol. The minimum atomic E-state index is -0.287. The van der Waals surface area contributed by atoms with Crippen LogP contribution in [0.5, 0.6) is 0 Å². The van der Waals surface area contributed by atoms with Crippen LogP contribution in [-0.4, -0.2) is 46.0 Å². The number of hydrogen-bond acceptors (Lipinski definition) is 4. The molecule has 23 heavy (non-hydrogen) atoms. The van der Waals surface area contributed by atoms with Crippen molar-refractivity contribution in [1.82, 2.24) is 15.0 Å². The fraction of sp³-hybridized carbons (Fsp3) is 0.778. The van der Waals surface area contributed by atoms with Gasteiger partial charge in [-0.25, -0.2) is 0 Å². The van der Waals surface area contributed by atoms with E-state index < -0.39 is 0 Å². The Morgan fingerprint density at radius 1 is 1.30 bits per heavy atom. The molecule has 128 valence electrons. The van der Waals surface area contributed by atoms with Crippen LogP contribution < -0.4 is 0 Å². The van der Waals surface area contributed by atoms with Crippen molar-refractivity contribution in [2.75, 3.05) is 19.6 Å². The molecule has 3 rings (SSSR count). The first kappa shape index (κ1) is 16.5. The summed E-state index contributed by atoms with van der Waals surface area (Å²) in [6, 6.07) is 2.05. The predicted molar refractivity (Wildman–Crippen MR) is 89.1 cm³/mol. The van der Waals surface area contributed by atoms with Crippen molar-refractivity contribution in [2.45, 2.75) is 70.9 Å². The molecule has 1 atom stereocenters. The number of nitrogens with zero attached hydrogens (tertiary/aromatic N) is 3. The summed E-state index contributed by atoms with van der Waals surface area (Å²) in [7, 11) is 0. The molecule has 1 aromatic rings. The van der Waals surface area contributed by atoms with Crippen LogP contribution >= 0.6 is 0 Å². The maximum atomic E-state index is 13.1. The van der Waals surface area contributed by atoms with Gasteiger partial charge in [0.05, 0.1) is 5.69 Å². The molecule has 0 saturated carbocycles. The molecule has 1 unspecified atom stereocenters. The topological polar surface area (TPSA) is 49.6 Å². The summed E-state index contributed by atoms with van der Waals surface area (Å²) in [6.45, 7) is 9.87. The summed E-state index contributed by atoms with van der Waals surface area (Å²) < 4.78 is 5.43. The fourth-order valence-corrected chi connectivity index (χ4v) is 4.11. The summed E-state index contributed by atoms with van der Waals surface area (Å²) >= 11 is 0. The molecule has 2 aliphatic rings. The molecule has 5 heteroatoms. The first-order chi connectivity index (χ1) is 11.1. The Kier molecular flexibility index (Phi) is 4.76. The van der Waals surface area contributed by atoms with Gasteiger partial charge in [0.2, 0.25) is 5.91 Å². The van der Waals surface area contributed by atoms with Gasteiger partial charge in [-0.2, -0.15) is 0 Å². The molecular formula is C18H29N3O2. The minimum absolute atomic E-state index is 0.287. The molecule has 0 N–H and O–H groups in total. The molecule has 0 radical (unpaired) electrons. The van der Waals surface area contributed by atoms with Crippen LogP contribution in [0.25, 0.3) is 0 Å². The van der Waals surface area contributed by atoms with Crippen LogP contribution in [0, 0.1) is 0 Å². The van der Waals surface area contributed by atoms with Crippen molar-refractivity contribution >= 4 is 5.91 Å². The Labute approximate surface area is 139 Å². The van der Waals surface area contributed by atoms with E-state index in [4.69, 9.17) is 4.52 Å². The van der Waals surface area contributed by atoms with Crippen molar-refractivity contribution < 1.29 is 9.32 Å². The molecule has 2 fully saturated rings. The number of amides is 1. The normalized spacial score (nSPS) is 25.9. The van der Waals surface area contributed by atoms with Gasteiger partial charge in [0.15, 0.2) is 0 Å². The fourth-order valence-electron chi connectivity index (χ4n) is 4.11. The van der Waals surface area contributed by atoms with Gasteiger partial charge in [0.25, 0.3) is 0 Å². The Morgan fingerprint density at radius 2 is 2.04 bits per heavy atom. The molecule has 3 heterocycles. The van der Waals surface area contributed by atoms with Crippen LogP contribution in [0.1, 0.15) is 70.2 Å². The third-order valence-corrected chi connectivity index (χ3v) is 5.32. The van der Waals surface area contributed by atoms with E-state index in [-0.39, 0.29) is 5.54 Å². The number of aromatic nitrogens is 1. The first-order valence-electron chi connectivity index (χ1n) is 9.07. The quantitative estimate of drug-likeness (QED) is 0.836. The number of hydrogen-bond donors (Lipinski definition) is 0. The molecule has 1 aromatic heterocycles. The molecule has 0 bridgehead atoms. The van der Waals surface area contributed by atoms with Gasteiger partial charge in [0.1, 0.15) is 11.3 Å². The lowest BCUT2D eigenvalue weighted by Gasteiger charge is -2.44. The molecule has 0 aliphatic carbocycles. The number of likely N-dealkylation sites (tertiary alicyclic amines) is 2. The highest BCUT2D eigenvalue weighted by atomic mass is 16.5. The van der Waals surface area contributed by atoms with Gasteiger partial charge < -0.3 is 9.42 Å². The van der Waals surface area contributed by atoms with Crippen LogP contribution in [0.3, 0.4) is 0 Å². The van der Waals surface area contributed by atoms with Crippen molar-refractivity contribution in [3.63, 3.8) is 0 Å². The van der Waals surface area contributed by atoms with E-state index in [1.54, 1.807) is 0 Å². The van der Waals surface area contributed by atoms with Gasteiger partial charge in [-0.1, -0.05) is 25.9 Å². The zero-order valence-electron chi connectivity index (χ0n) is 14.7. The van der Waals surface area contributed by atoms with Crippen LogP contribution in [-0.2, 0) is 11.3 Å². The maximum Gasteiger partial charge on any atom is 0.243 e. The lowest BCUT2D eigenvalue weighted by Crippen LogP contribution is -2.59. The summed E-state index contributed by atoms with van der Waals surface area (Å²) in [5.74, 6) is 1.62. The van der Waals surface area contributed by atoms with E-state index in [2.05, 4.69) is 35.7 Å². The van der Waals surface area contributed by atoms with Gasteiger partial charge in [-0.3, -0.25) is 9.69 Å². The smallest absolute Gasteiger partial charge is 0.243 e. The molecule has 1 spiro atoms. The van der Waals surface area contributed by atoms with Gasteiger partial charge in [0, 0.05) is 31.6 Å². The van der Waals surface area contributed by atoms with Crippen molar-refractivity contribution in [2.24, 2.45) is 0 Å². The van der Waals surface area contributed by atoms with E-state index in [0.29, 0.717) is 11.8 Å². The Bertz CT molecular complexity index is 552. The van der Waals surface area contributed by atoms with E-state index in [9.17, 15) is 4.79 Å². The maximum absolute atomic E-state index is 13.1. The summed E-state index contributed by atoms with van der Waals surface area (Å²) in [5, 5.41) is 4.22. The third-order valence-electron chi connectivity index (χ3n) is 5.32. The summed E-state index contributed by atoms with van der Waals surface area (Å²) in [5.41, 5.74) is 0.667. The highest BCUT2D eigenvalue weighted by Crippen LogP contribution is 2.39. The lowest BCUT2D eigenvalue weighted by molar-refractivity contribution is -0.147. The molecule has 0 aromatic carbocycles. The first-order valence-corrected chi connectivity index (χ1v) is 9.07. The third kappa shape index (κ3) is 3.03. The van der Waals surface area contributed by atoms with E-state index >= 15 is 0 Å².